The molecular formula is C22H27N3O3S2. The summed E-state index contributed by atoms with van der Waals surface area (Å²) >= 11 is 2.73. The number of aromatic amines is 2. The Morgan fingerprint density at radius 3 is 2.50 bits per heavy atom. The standard InChI is InChI=1S/C22H27N3O3S2/c1-7-10(2)8-15-14(6)30-21-18(15)20(28)24-22(25-21)29-9-16(27)19-11(3)17(13(5)26)12(4)23-19/h10,23H,7-9H2,1-6H3,(H,24,25,28). The summed E-state index contributed by atoms with van der Waals surface area (Å²) in [6, 6.07) is 0. The number of Topliss-reactive ketones (excluding diaryl/α,β-unsaturated/α-hetero) is 2. The van der Waals surface area contributed by atoms with Crippen molar-refractivity contribution in [2.45, 2.75) is 59.5 Å². The second-order valence-electron chi connectivity index (χ2n) is 7.80. The molecule has 0 bridgehead atoms. The summed E-state index contributed by atoms with van der Waals surface area (Å²) in [5.74, 6) is 0.428. The van der Waals surface area contributed by atoms with E-state index in [1.165, 1.54) is 30.0 Å². The van der Waals surface area contributed by atoms with Gasteiger partial charge in [-0.25, -0.2) is 4.98 Å². The van der Waals surface area contributed by atoms with Crippen LogP contribution >= 0.6 is 23.1 Å². The Balaban J connectivity index is 1.84. The number of thiophene rings is 1. The first-order chi connectivity index (χ1) is 14.1. The largest absolute Gasteiger partial charge is 0.355 e. The maximum absolute atomic E-state index is 12.8. The average molecular weight is 446 g/mol. The summed E-state index contributed by atoms with van der Waals surface area (Å²) in [6.07, 6.45) is 1.92. The Labute approximate surface area is 183 Å². The van der Waals surface area contributed by atoms with Crippen LogP contribution < -0.4 is 5.56 Å². The van der Waals surface area contributed by atoms with Crippen LogP contribution in [0.1, 0.15) is 69.7 Å². The summed E-state index contributed by atoms with van der Waals surface area (Å²) in [5, 5.41) is 1.11. The molecule has 2 N–H and O–H groups in total. The molecule has 8 heteroatoms. The molecule has 6 nitrogen and oxygen atoms in total. The van der Waals surface area contributed by atoms with E-state index in [4.69, 9.17) is 0 Å². The number of H-pyrrole nitrogens is 2. The molecule has 0 saturated carbocycles. The average Bonchev–Trinajstić information content (AvgIpc) is 3.15. The number of aromatic nitrogens is 3. The van der Waals surface area contributed by atoms with Gasteiger partial charge in [-0.15, -0.1) is 11.3 Å². The maximum Gasteiger partial charge on any atom is 0.260 e. The van der Waals surface area contributed by atoms with E-state index >= 15 is 0 Å². The van der Waals surface area contributed by atoms with Gasteiger partial charge in [0.15, 0.2) is 16.7 Å². The molecule has 1 atom stereocenters. The number of rotatable bonds is 8. The van der Waals surface area contributed by atoms with Crippen molar-refractivity contribution in [2.75, 3.05) is 5.75 Å². The number of nitrogens with zero attached hydrogens (tertiary/aromatic N) is 1. The van der Waals surface area contributed by atoms with Gasteiger partial charge in [-0.2, -0.15) is 0 Å². The van der Waals surface area contributed by atoms with E-state index in [1.807, 2.05) is 6.92 Å². The van der Waals surface area contributed by atoms with Gasteiger partial charge in [-0.05, 0) is 51.2 Å². The van der Waals surface area contributed by atoms with Gasteiger partial charge >= 0.3 is 0 Å². The van der Waals surface area contributed by atoms with E-state index in [1.54, 1.807) is 13.8 Å². The van der Waals surface area contributed by atoms with Crippen molar-refractivity contribution in [3.05, 3.63) is 43.3 Å². The van der Waals surface area contributed by atoms with Crippen molar-refractivity contribution in [1.82, 2.24) is 15.0 Å². The Morgan fingerprint density at radius 2 is 1.90 bits per heavy atom. The zero-order chi connectivity index (χ0) is 22.2. The minimum absolute atomic E-state index is 0.0642. The summed E-state index contributed by atoms with van der Waals surface area (Å²) in [4.78, 5) is 49.6. The molecule has 3 rings (SSSR count). The molecule has 0 aliphatic heterocycles. The number of hydrogen-bond donors (Lipinski definition) is 2. The Bertz CT molecular complexity index is 1190. The van der Waals surface area contributed by atoms with Crippen LogP contribution in [0.15, 0.2) is 9.95 Å². The quantitative estimate of drug-likeness (QED) is 0.289. The maximum atomic E-state index is 12.8. The van der Waals surface area contributed by atoms with Crippen LogP contribution in [0.2, 0.25) is 0 Å². The van der Waals surface area contributed by atoms with E-state index < -0.39 is 0 Å². The number of aryl methyl sites for hydroxylation is 2. The predicted octanol–water partition coefficient (Wildman–Crippen LogP) is 5.00. The van der Waals surface area contributed by atoms with Gasteiger partial charge in [0.05, 0.1) is 16.8 Å². The second-order valence-corrected chi connectivity index (χ2v) is 9.97. The number of carbonyl (C=O) groups excluding carboxylic acids is 2. The minimum Gasteiger partial charge on any atom is -0.355 e. The third kappa shape index (κ3) is 4.30. The molecule has 0 fully saturated rings. The first kappa shape index (κ1) is 22.5. The number of carbonyl (C=O) groups is 2. The molecule has 0 saturated heterocycles. The van der Waals surface area contributed by atoms with Gasteiger partial charge in [0, 0.05) is 16.1 Å². The first-order valence-electron chi connectivity index (χ1n) is 10.0. The molecule has 3 aromatic heterocycles. The van der Waals surface area contributed by atoms with E-state index in [2.05, 4.69) is 28.8 Å². The highest BCUT2D eigenvalue weighted by Crippen LogP contribution is 2.31. The minimum atomic E-state index is -0.150. The molecule has 3 aromatic rings. The molecule has 0 spiro atoms. The Kier molecular flexibility index (Phi) is 6.67. The first-order valence-corrected chi connectivity index (χ1v) is 11.8. The van der Waals surface area contributed by atoms with Crippen LogP contribution in [-0.4, -0.2) is 32.3 Å². The van der Waals surface area contributed by atoms with Crippen LogP contribution in [0.3, 0.4) is 0 Å². The summed E-state index contributed by atoms with van der Waals surface area (Å²) < 4.78 is 0. The zero-order valence-corrected chi connectivity index (χ0v) is 19.8. The lowest BCUT2D eigenvalue weighted by Gasteiger charge is -2.08. The third-order valence-electron chi connectivity index (χ3n) is 5.50. The lowest BCUT2D eigenvalue weighted by Crippen LogP contribution is -2.12. The topological polar surface area (TPSA) is 95.7 Å². The molecule has 0 aliphatic carbocycles. The van der Waals surface area contributed by atoms with Gasteiger partial charge in [0.25, 0.3) is 5.56 Å². The van der Waals surface area contributed by atoms with Crippen molar-refractivity contribution in [1.29, 1.82) is 0 Å². The molecule has 0 amide bonds. The fraction of sp³-hybridized carbons (Fsp3) is 0.455. The predicted molar refractivity (Wildman–Crippen MR) is 123 cm³/mol. The van der Waals surface area contributed by atoms with Crippen LogP contribution in [0.4, 0.5) is 0 Å². The Hall–Kier alpha value is -2.19. The van der Waals surface area contributed by atoms with E-state index in [-0.39, 0.29) is 22.9 Å². The van der Waals surface area contributed by atoms with Crippen LogP contribution in [0.5, 0.6) is 0 Å². The van der Waals surface area contributed by atoms with E-state index in [9.17, 15) is 14.4 Å². The van der Waals surface area contributed by atoms with E-state index in [0.717, 1.165) is 28.1 Å². The van der Waals surface area contributed by atoms with Crippen molar-refractivity contribution in [2.24, 2.45) is 5.92 Å². The number of ketones is 2. The van der Waals surface area contributed by atoms with Gasteiger partial charge in [0.1, 0.15) is 4.83 Å². The summed E-state index contributed by atoms with van der Waals surface area (Å²) in [7, 11) is 0. The number of nitrogens with one attached hydrogen (secondary N) is 2. The van der Waals surface area contributed by atoms with Crippen LogP contribution in [-0.2, 0) is 6.42 Å². The van der Waals surface area contributed by atoms with Gasteiger partial charge in [-0.1, -0.05) is 32.0 Å². The summed E-state index contributed by atoms with van der Waals surface area (Å²) in [5.41, 5.74) is 3.31. The van der Waals surface area contributed by atoms with Crippen LogP contribution in [0.25, 0.3) is 10.2 Å². The number of thioether (sulfide) groups is 1. The molecule has 160 valence electrons. The number of hydrogen-bond acceptors (Lipinski definition) is 6. The smallest absolute Gasteiger partial charge is 0.260 e. The highest BCUT2D eigenvalue weighted by molar-refractivity contribution is 7.99. The molecule has 0 aromatic carbocycles. The van der Waals surface area contributed by atoms with Gasteiger partial charge in [-0.3, -0.25) is 14.4 Å². The molecule has 0 aliphatic rings. The lowest BCUT2D eigenvalue weighted by molar-refractivity contribution is 0.101. The fourth-order valence-electron chi connectivity index (χ4n) is 3.73. The molecule has 30 heavy (non-hydrogen) atoms. The van der Waals surface area contributed by atoms with E-state index in [0.29, 0.717) is 39.0 Å². The highest BCUT2D eigenvalue weighted by atomic mass is 32.2. The van der Waals surface area contributed by atoms with Gasteiger partial charge < -0.3 is 9.97 Å². The van der Waals surface area contributed by atoms with Crippen molar-refractivity contribution in [3.63, 3.8) is 0 Å². The van der Waals surface area contributed by atoms with Gasteiger partial charge in [0.2, 0.25) is 0 Å². The SMILES string of the molecule is CCC(C)Cc1c(C)sc2nc(SCC(=O)c3[nH]c(C)c(C(C)=O)c3C)[nH]c(=O)c12. The lowest BCUT2D eigenvalue weighted by atomic mass is 9.98. The molecular weight excluding hydrogens is 418 g/mol. The normalized spacial score (nSPS) is 12.5. The van der Waals surface area contributed by atoms with Crippen molar-refractivity contribution < 1.29 is 9.59 Å². The summed E-state index contributed by atoms with van der Waals surface area (Å²) in [6.45, 7) is 11.4. The highest BCUT2D eigenvalue weighted by Gasteiger charge is 2.21. The monoisotopic (exact) mass is 445 g/mol. The number of fused-ring (bicyclic) bond motifs is 1. The molecule has 0 radical (unpaired) electrons. The zero-order valence-electron chi connectivity index (χ0n) is 18.2. The second kappa shape index (κ2) is 8.89. The third-order valence-corrected chi connectivity index (χ3v) is 7.41. The van der Waals surface area contributed by atoms with Crippen molar-refractivity contribution >= 4 is 44.9 Å². The van der Waals surface area contributed by atoms with Crippen LogP contribution in [0, 0.1) is 26.7 Å². The Morgan fingerprint density at radius 1 is 1.20 bits per heavy atom. The fourth-order valence-corrected chi connectivity index (χ4v) is 5.57. The molecule has 3 heterocycles. The van der Waals surface area contributed by atoms with Crippen molar-refractivity contribution in [3.8, 4) is 0 Å². The molecule has 1 unspecified atom stereocenters.